The number of anilines is 1. The Labute approximate surface area is 108 Å². The maximum atomic E-state index is 9.94. The van der Waals surface area contributed by atoms with Gasteiger partial charge in [0.05, 0.1) is 6.61 Å². The lowest BCUT2D eigenvalue weighted by molar-refractivity contribution is -0.0227. The summed E-state index contributed by atoms with van der Waals surface area (Å²) in [5.41, 5.74) is 6.89. The van der Waals surface area contributed by atoms with Gasteiger partial charge in [0, 0.05) is 11.8 Å². The zero-order chi connectivity index (χ0) is 13.6. The number of hydrogen-bond acceptors (Lipinski definition) is 7. The number of nitrogens with zero attached hydrogens (tertiary/aromatic N) is 3. The summed E-state index contributed by atoms with van der Waals surface area (Å²) in [6.07, 6.45) is -0.776. The molecule has 0 bridgehead atoms. The van der Waals surface area contributed by atoms with Gasteiger partial charge in [-0.2, -0.15) is 0 Å². The van der Waals surface area contributed by atoms with Crippen LogP contribution in [-0.2, 0) is 4.74 Å². The van der Waals surface area contributed by atoms with E-state index in [4.69, 9.17) is 15.6 Å². The molecule has 3 rings (SSSR count). The van der Waals surface area contributed by atoms with Crippen LogP contribution in [0.2, 0.25) is 0 Å². The molecule has 0 amide bonds. The summed E-state index contributed by atoms with van der Waals surface area (Å²) in [5.74, 6) is 0.267. The average Bonchev–Trinajstić information content (AvgIpc) is 2.94. The lowest BCUT2D eigenvalue weighted by Crippen LogP contribution is -2.32. The molecule has 4 atom stereocenters. The Morgan fingerprint density at radius 1 is 1.32 bits per heavy atom. The van der Waals surface area contributed by atoms with Gasteiger partial charge in [0.1, 0.15) is 36.4 Å². The maximum absolute atomic E-state index is 9.94. The summed E-state index contributed by atoms with van der Waals surface area (Å²) in [5, 5.41) is 28.7. The van der Waals surface area contributed by atoms with Crippen LogP contribution in [0.1, 0.15) is 11.7 Å². The van der Waals surface area contributed by atoms with Crippen molar-refractivity contribution in [2.75, 3.05) is 12.3 Å². The van der Waals surface area contributed by atoms with Gasteiger partial charge in [-0.15, -0.1) is 0 Å². The predicted octanol–water partition coefficient (Wildman–Crippen LogP) is -1.53. The number of nitrogen functional groups attached to an aromatic ring is 1. The average molecular weight is 266 g/mol. The fourth-order valence-corrected chi connectivity index (χ4v) is 2.29. The number of hydrogen-bond donors (Lipinski definition) is 4. The Balaban J connectivity index is 1.99. The van der Waals surface area contributed by atoms with Gasteiger partial charge in [0.15, 0.2) is 0 Å². The molecule has 1 aliphatic heterocycles. The van der Waals surface area contributed by atoms with Gasteiger partial charge in [-0.1, -0.05) is 0 Å². The Hall–Kier alpha value is -1.74. The molecule has 0 aliphatic carbocycles. The minimum Gasteiger partial charge on any atom is -0.394 e. The second kappa shape index (κ2) is 4.42. The van der Waals surface area contributed by atoms with Gasteiger partial charge in [-0.25, -0.2) is 9.97 Å². The van der Waals surface area contributed by atoms with Gasteiger partial charge >= 0.3 is 0 Å². The van der Waals surface area contributed by atoms with Crippen molar-refractivity contribution in [3.8, 4) is 0 Å². The predicted molar refractivity (Wildman–Crippen MR) is 64.1 cm³/mol. The zero-order valence-electron chi connectivity index (χ0n) is 9.92. The van der Waals surface area contributed by atoms with Crippen molar-refractivity contribution >= 4 is 11.6 Å². The topological polar surface area (TPSA) is 126 Å². The molecule has 1 aliphatic rings. The molecular formula is C11H14N4O4. The molecule has 8 nitrogen and oxygen atoms in total. The van der Waals surface area contributed by atoms with Crippen molar-refractivity contribution < 1.29 is 20.1 Å². The van der Waals surface area contributed by atoms with E-state index in [-0.39, 0.29) is 12.6 Å². The number of ether oxygens (including phenoxy) is 1. The second-order valence-electron chi connectivity index (χ2n) is 4.49. The van der Waals surface area contributed by atoms with Crippen molar-refractivity contribution in [1.29, 1.82) is 0 Å². The van der Waals surface area contributed by atoms with E-state index in [0.717, 1.165) is 0 Å². The molecule has 0 aromatic carbocycles. The number of aromatic nitrogens is 3. The highest BCUT2D eigenvalue weighted by atomic mass is 16.6. The van der Waals surface area contributed by atoms with E-state index in [9.17, 15) is 10.2 Å². The van der Waals surface area contributed by atoms with Gasteiger partial charge in [-0.05, 0) is 6.07 Å². The van der Waals surface area contributed by atoms with Crippen LogP contribution in [0.15, 0.2) is 18.6 Å². The van der Waals surface area contributed by atoms with Crippen LogP contribution in [0.4, 0.5) is 5.95 Å². The van der Waals surface area contributed by atoms with Gasteiger partial charge in [0.25, 0.3) is 0 Å². The van der Waals surface area contributed by atoms with Crippen LogP contribution in [-0.4, -0.2) is 54.6 Å². The van der Waals surface area contributed by atoms with Crippen LogP contribution in [0.25, 0.3) is 5.65 Å². The summed E-state index contributed by atoms with van der Waals surface area (Å²) >= 11 is 0. The molecule has 0 radical (unpaired) electrons. The summed E-state index contributed by atoms with van der Waals surface area (Å²) in [7, 11) is 0. The third-order valence-electron chi connectivity index (χ3n) is 3.32. The molecule has 1 fully saturated rings. The third-order valence-corrected chi connectivity index (χ3v) is 3.32. The summed E-state index contributed by atoms with van der Waals surface area (Å²) in [6.45, 7) is -0.357. The van der Waals surface area contributed by atoms with E-state index in [1.807, 2.05) is 0 Å². The first-order valence-corrected chi connectivity index (χ1v) is 5.82. The van der Waals surface area contributed by atoms with Crippen molar-refractivity contribution in [2.24, 2.45) is 0 Å². The molecule has 1 saturated heterocycles. The van der Waals surface area contributed by atoms with Crippen molar-refractivity contribution in [2.45, 2.75) is 24.4 Å². The van der Waals surface area contributed by atoms with Crippen molar-refractivity contribution in [1.82, 2.24) is 14.4 Å². The first kappa shape index (κ1) is 12.3. The minimum atomic E-state index is -1.12. The number of nitrogens with two attached hydrogens (primary N) is 1. The quantitative estimate of drug-likeness (QED) is 0.519. The molecular weight excluding hydrogens is 252 g/mol. The van der Waals surface area contributed by atoms with Crippen LogP contribution in [0, 0.1) is 0 Å². The Morgan fingerprint density at radius 3 is 2.74 bits per heavy atom. The first-order valence-electron chi connectivity index (χ1n) is 5.82. The highest BCUT2D eigenvalue weighted by Gasteiger charge is 2.43. The molecule has 0 spiro atoms. The van der Waals surface area contributed by atoms with Crippen LogP contribution >= 0.6 is 0 Å². The van der Waals surface area contributed by atoms with Crippen molar-refractivity contribution in [3.63, 3.8) is 0 Å². The Morgan fingerprint density at radius 2 is 2.11 bits per heavy atom. The first-order chi connectivity index (χ1) is 9.11. The summed E-state index contributed by atoms with van der Waals surface area (Å²) < 4.78 is 7.00. The van der Waals surface area contributed by atoms with E-state index in [0.29, 0.717) is 11.2 Å². The zero-order valence-corrected chi connectivity index (χ0v) is 9.92. The molecule has 3 heterocycles. The van der Waals surface area contributed by atoms with E-state index < -0.39 is 24.4 Å². The lowest BCUT2D eigenvalue weighted by atomic mass is 10.0. The smallest absolute Gasteiger partial charge is 0.207 e. The normalized spacial score (nSPS) is 31.1. The molecule has 5 N–H and O–H groups in total. The number of rotatable bonds is 2. The highest BCUT2D eigenvalue weighted by molar-refractivity contribution is 5.47. The van der Waals surface area contributed by atoms with Crippen LogP contribution < -0.4 is 5.73 Å². The molecule has 8 heteroatoms. The monoisotopic (exact) mass is 266 g/mol. The Kier molecular flexibility index (Phi) is 2.86. The number of aliphatic hydroxyl groups is 3. The SMILES string of the molecule is Nc1ncnc2cc([C@@H]3O[C@H](CO)[C@@H](O)[C@H]3O)cn12. The molecule has 19 heavy (non-hydrogen) atoms. The highest BCUT2D eigenvalue weighted by Crippen LogP contribution is 2.34. The van der Waals surface area contributed by atoms with Gasteiger partial charge < -0.3 is 25.8 Å². The maximum Gasteiger partial charge on any atom is 0.207 e. The van der Waals surface area contributed by atoms with Crippen LogP contribution in [0.3, 0.4) is 0 Å². The second-order valence-corrected chi connectivity index (χ2v) is 4.49. The molecule has 2 aromatic heterocycles. The summed E-state index contributed by atoms with van der Waals surface area (Å²) in [6, 6.07) is 1.69. The van der Waals surface area contributed by atoms with Crippen LogP contribution in [0.5, 0.6) is 0 Å². The lowest BCUT2D eigenvalue weighted by Gasteiger charge is -2.12. The van der Waals surface area contributed by atoms with Gasteiger partial charge in [0.2, 0.25) is 5.95 Å². The van der Waals surface area contributed by atoms with E-state index >= 15 is 0 Å². The molecule has 102 valence electrons. The summed E-state index contributed by atoms with van der Waals surface area (Å²) in [4.78, 5) is 7.89. The minimum absolute atomic E-state index is 0.267. The van der Waals surface area contributed by atoms with E-state index in [2.05, 4.69) is 9.97 Å². The third kappa shape index (κ3) is 1.85. The largest absolute Gasteiger partial charge is 0.394 e. The van der Waals surface area contributed by atoms with Crippen molar-refractivity contribution in [3.05, 3.63) is 24.2 Å². The fourth-order valence-electron chi connectivity index (χ4n) is 2.29. The number of fused-ring (bicyclic) bond motifs is 1. The molecule has 0 unspecified atom stereocenters. The Bertz CT molecular complexity index is 601. The fraction of sp³-hybridized carbons (Fsp3) is 0.455. The molecule has 2 aromatic rings. The van der Waals surface area contributed by atoms with Gasteiger partial charge in [-0.3, -0.25) is 4.40 Å². The van der Waals surface area contributed by atoms with E-state index in [1.54, 1.807) is 16.7 Å². The number of aliphatic hydroxyl groups excluding tert-OH is 3. The standard InChI is InChI=1S/C11H14N4O4/c12-11-14-4-13-7-1-5(2-15(7)11)10-9(18)8(17)6(3-16)19-10/h1-2,4,6,8-10,16-18H,3H2,(H2,12,13,14)/t6-,8-,9-,10+/m1/s1. The van der Waals surface area contributed by atoms with E-state index in [1.165, 1.54) is 6.33 Å². The molecule has 0 saturated carbocycles.